The molecule has 2 heterocycles. The molecular weight excluding hydrogens is 202 g/mol. The molecule has 0 saturated carbocycles. The lowest BCUT2D eigenvalue weighted by Crippen LogP contribution is -2.27. The molecule has 1 aliphatic rings. The Morgan fingerprint density at radius 2 is 2.00 bits per heavy atom. The molecule has 1 saturated heterocycles. The first-order valence-corrected chi connectivity index (χ1v) is 6.00. The normalized spacial score (nSPS) is 14.6. The average molecular weight is 223 g/mol. The summed E-state index contributed by atoms with van der Waals surface area (Å²) in [5.74, 6) is 0.0573. The third kappa shape index (κ3) is 3.36. The van der Waals surface area contributed by atoms with Gasteiger partial charge in [-0.05, 0) is 25.8 Å². The van der Waals surface area contributed by atoms with E-state index < -0.39 is 0 Å². The van der Waals surface area contributed by atoms with Gasteiger partial charge in [0.15, 0.2) is 0 Å². The fourth-order valence-corrected chi connectivity index (χ4v) is 1.61. The van der Waals surface area contributed by atoms with Crippen LogP contribution in [0.3, 0.4) is 0 Å². The Hall–Kier alpha value is -1.32. The number of aromatic nitrogens is 2. The third-order valence-corrected chi connectivity index (χ3v) is 2.32. The molecule has 4 heteroatoms. The second-order valence-corrected chi connectivity index (χ2v) is 4.14. The van der Waals surface area contributed by atoms with Crippen LogP contribution in [0.2, 0.25) is 0 Å². The molecule has 90 valence electrons. The van der Waals surface area contributed by atoms with Crippen molar-refractivity contribution < 1.29 is 4.79 Å². The minimum Gasteiger partial charge on any atom is -0.337 e. The molecule has 16 heavy (non-hydrogen) atoms. The van der Waals surface area contributed by atoms with Crippen molar-refractivity contribution >= 4 is 5.91 Å². The molecule has 2 rings (SSSR count). The van der Waals surface area contributed by atoms with Crippen molar-refractivity contribution in [1.29, 1.82) is 0 Å². The zero-order chi connectivity index (χ0) is 12.0. The summed E-state index contributed by atoms with van der Waals surface area (Å²) in [6, 6.07) is 1.79. The number of aryl methyl sites for hydroxylation is 1. The van der Waals surface area contributed by atoms with Crippen LogP contribution < -0.4 is 0 Å². The van der Waals surface area contributed by atoms with Gasteiger partial charge in [0, 0.05) is 18.8 Å². The highest BCUT2D eigenvalue weighted by atomic mass is 16.2. The molecule has 0 bridgehead atoms. The smallest absolute Gasteiger partial charge is 0.274 e. The van der Waals surface area contributed by atoms with Crippen LogP contribution in [0.4, 0.5) is 0 Å². The van der Waals surface area contributed by atoms with Crippen LogP contribution >= 0.6 is 0 Å². The van der Waals surface area contributed by atoms with Gasteiger partial charge in [-0.25, -0.2) is 0 Å². The quantitative estimate of drug-likeness (QED) is 0.794. The Labute approximate surface area is 97.0 Å². The zero-order valence-electron chi connectivity index (χ0n) is 10.4. The van der Waals surface area contributed by atoms with E-state index in [-0.39, 0.29) is 5.91 Å². The number of nitrogens with zero attached hydrogens (tertiary/aromatic N) is 2. The van der Waals surface area contributed by atoms with E-state index >= 15 is 0 Å². The highest BCUT2D eigenvalue weighted by Crippen LogP contribution is 2.11. The number of aromatic amines is 1. The summed E-state index contributed by atoms with van der Waals surface area (Å²) in [5, 5.41) is 6.72. The fourth-order valence-electron chi connectivity index (χ4n) is 1.61. The largest absolute Gasteiger partial charge is 0.337 e. The molecule has 0 aliphatic carbocycles. The lowest BCUT2D eigenvalue weighted by Gasteiger charge is -2.12. The van der Waals surface area contributed by atoms with E-state index in [4.69, 9.17) is 0 Å². The van der Waals surface area contributed by atoms with Crippen molar-refractivity contribution in [3.63, 3.8) is 0 Å². The maximum absolute atomic E-state index is 11.7. The predicted octanol–water partition coefficient (Wildman–Crippen LogP) is 2.37. The van der Waals surface area contributed by atoms with Crippen LogP contribution in [0.15, 0.2) is 6.07 Å². The van der Waals surface area contributed by atoms with Crippen molar-refractivity contribution in [1.82, 2.24) is 15.1 Å². The highest BCUT2D eigenvalue weighted by molar-refractivity contribution is 5.92. The highest BCUT2D eigenvalue weighted by Gasteiger charge is 2.20. The Kier molecular flexibility index (Phi) is 5.02. The first-order valence-electron chi connectivity index (χ1n) is 6.00. The number of rotatable bonds is 1. The lowest BCUT2D eigenvalue weighted by molar-refractivity contribution is 0.0787. The summed E-state index contributed by atoms with van der Waals surface area (Å²) in [4.78, 5) is 13.6. The van der Waals surface area contributed by atoms with E-state index in [1.807, 2.05) is 11.8 Å². The number of likely N-dealkylation sites (tertiary alicyclic amines) is 1. The molecule has 0 aromatic carbocycles. The maximum Gasteiger partial charge on any atom is 0.274 e. The van der Waals surface area contributed by atoms with E-state index in [2.05, 4.69) is 24.0 Å². The summed E-state index contributed by atoms with van der Waals surface area (Å²) < 4.78 is 0. The fraction of sp³-hybridized carbons (Fsp3) is 0.667. The molecule has 0 unspecified atom stereocenters. The summed E-state index contributed by atoms with van der Waals surface area (Å²) in [6.07, 6.45) is 3.49. The van der Waals surface area contributed by atoms with Crippen LogP contribution in [0.5, 0.6) is 0 Å². The van der Waals surface area contributed by atoms with Crippen molar-refractivity contribution in [2.45, 2.75) is 40.0 Å². The Morgan fingerprint density at radius 1 is 1.44 bits per heavy atom. The summed E-state index contributed by atoms with van der Waals surface area (Å²) in [5.41, 5.74) is 1.47. The molecule has 1 aromatic rings. The standard InChI is InChI=1S/C9H13N3O.C3H8/c1-7-6-8(11-10-7)9(13)12-4-2-3-5-12;1-3-2/h6H,2-5H2,1H3,(H,10,11);3H2,1-2H3. The van der Waals surface area contributed by atoms with Gasteiger partial charge in [0.25, 0.3) is 5.91 Å². The summed E-state index contributed by atoms with van der Waals surface area (Å²) in [7, 11) is 0. The van der Waals surface area contributed by atoms with Gasteiger partial charge in [0.05, 0.1) is 0 Å². The monoisotopic (exact) mass is 223 g/mol. The van der Waals surface area contributed by atoms with Crippen LogP contribution in [0.25, 0.3) is 0 Å². The van der Waals surface area contributed by atoms with Crippen molar-refractivity contribution in [2.24, 2.45) is 0 Å². The van der Waals surface area contributed by atoms with Gasteiger partial charge in [0.1, 0.15) is 5.69 Å². The van der Waals surface area contributed by atoms with Crippen molar-refractivity contribution in [3.05, 3.63) is 17.5 Å². The van der Waals surface area contributed by atoms with Crippen molar-refractivity contribution in [2.75, 3.05) is 13.1 Å². The van der Waals surface area contributed by atoms with Crippen LogP contribution in [0, 0.1) is 6.92 Å². The van der Waals surface area contributed by atoms with E-state index in [0.717, 1.165) is 31.6 Å². The number of hydrogen-bond acceptors (Lipinski definition) is 2. The maximum atomic E-state index is 11.7. The number of nitrogens with one attached hydrogen (secondary N) is 1. The van der Waals surface area contributed by atoms with Crippen LogP contribution in [-0.4, -0.2) is 34.1 Å². The Bertz CT molecular complexity index is 327. The van der Waals surface area contributed by atoms with Gasteiger partial charge in [-0.1, -0.05) is 20.3 Å². The number of carbonyl (C=O) groups excluding carboxylic acids is 1. The molecule has 1 N–H and O–H groups in total. The average Bonchev–Trinajstić information content (AvgIpc) is 2.88. The second kappa shape index (κ2) is 6.30. The second-order valence-electron chi connectivity index (χ2n) is 4.14. The summed E-state index contributed by atoms with van der Waals surface area (Å²) >= 11 is 0. The number of H-pyrrole nitrogens is 1. The topological polar surface area (TPSA) is 49.0 Å². The van der Waals surface area contributed by atoms with Gasteiger partial charge in [-0.2, -0.15) is 5.10 Å². The number of hydrogen-bond donors (Lipinski definition) is 1. The lowest BCUT2D eigenvalue weighted by atomic mass is 10.3. The SMILES string of the molecule is CCC.Cc1cc(C(=O)N2CCCC2)n[nH]1. The first kappa shape index (κ1) is 12.7. The van der Waals surface area contributed by atoms with Crippen LogP contribution in [-0.2, 0) is 0 Å². The molecule has 1 aromatic heterocycles. The number of carbonyl (C=O) groups is 1. The van der Waals surface area contributed by atoms with Crippen molar-refractivity contribution in [3.8, 4) is 0 Å². The Morgan fingerprint density at radius 3 is 2.44 bits per heavy atom. The van der Waals surface area contributed by atoms with Gasteiger partial charge in [0.2, 0.25) is 0 Å². The van der Waals surface area contributed by atoms with Gasteiger partial charge in [-0.15, -0.1) is 0 Å². The molecular formula is C12H21N3O. The first-order chi connectivity index (χ1) is 7.69. The van der Waals surface area contributed by atoms with Gasteiger partial charge >= 0.3 is 0 Å². The van der Waals surface area contributed by atoms with E-state index in [9.17, 15) is 4.79 Å². The zero-order valence-corrected chi connectivity index (χ0v) is 10.4. The summed E-state index contributed by atoms with van der Waals surface area (Å²) in [6.45, 7) is 7.91. The molecule has 0 spiro atoms. The molecule has 1 aliphatic heterocycles. The molecule has 4 nitrogen and oxygen atoms in total. The minimum absolute atomic E-state index is 0.0573. The van der Waals surface area contributed by atoms with E-state index in [1.165, 1.54) is 6.42 Å². The number of amides is 1. The molecule has 0 radical (unpaired) electrons. The van der Waals surface area contributed by atoms with Crippen LogP contribution in [0.1, 0.15) is 49.3 Å². The van der Waals surface area contributed by atoms with E-state index in [1.54, 1.807) is 6.07 Å². The van der Waals surface area contributed by atoms with Gasteiger partial charge in [-0.3, -0.25) is 9.89 Å². The predicted molar refractivity (Wildman–Crippen MR) is 64.4 cm³/mol. The molecule has 1 fully saturated rings. The minimum atomic E-state index is 0.0573. The van der Waals surface area contributed by atoms with E-state index in [0.29, 0.717) is 5.69 Å². The molecule has 1 amide bonds. The Balaban J connectivity index is 0.000000386. The third-order valence-electron chi connectivity index (χ3n) is 2.32. The molecule has 0 atom stereocenters. The van der Waals surface area contributed by atoms with Gasteiger partial charge < -0.3 is 4.90 Å².